The third-order valence-corrected chi connectivity index (χ3v) is 5.56. The van der Waals surface area contributed by atoms with E-state index in [2.05, 4.69) is 4.98 Å². The van der Waals surface area contributed by atoms with Crippen LogP contribution < -0.4 is 9.47 Å². The molecule has 0 fully saturated rings. The number of methoxy groups -OCH3 is 1. The largest absolute Gasteiger partial charge is 0.493 e. The minimum absolute atomic E-state index is 0.246. The molecule has 4 aromatic rings. The lowest BCUT2D eigenvalue weighted by Gasteiger charge is -2.23. The molecular formula is C29H27FN2O3. The lowest BCUT2D eigenvalue weighted by Crippen LogP contribution is -2.32. The number of hydrogen-bond acceptors (Lipinski definition) is 4. The van der Waals surface area contributed by atoms with Crippen LogP contribution in [0, 0.1) is 5.82 Å². The van der Waals surface area contributed by atoms with Crippen LogP contribution in [-0.4, -0.2) is 29.4 Å². The van der Waals surface area contributed by atoms with Gasteiger partial charge in [-0.2, -0.15) is 0 Å². The second-order valence-electron chi connectivity index (χ2n) is 8.07. The third-order valence-electron chi connectivity index (χ3n) is 5.56. The third kappa shape index (κ3) is 6.67. The normalized spacial score (nSPS) is 10.6. The van der Waals surface area contributed by atoms with Crippen LogP contribution in [0.15, 0.2) is 97.2 Å². The predicted octanol–water partition coefficient (Wildman–Crippen LogP) is 5.69. The van der Waals surface area contributed by atoms with Gasteiger partial charge in [0.05, 0.1) is 7.11 Å². The Morgan fingerprint density at radius 1 is 0.886 bits per heavy atom. The van der Waals surface area contributed by atoms with Crippen LogP contribution in [-0.2, 0) is 19.6 Å². The van der Waals surface area contributed by atoms with E-state index in [-0.39, 0.29) is 5.91 Å². The molecule has 35 heavy (non-hydrogen) atoms. The van der Waals surface area contributed by atoms with Crippen molar-refractivity contribution in [2.75, 3.05) is 13.7 Å². The highest BCUT2D eigenvalue weighted by Gasteiger charge is 2.18. The summed E-state index contributed by atoms with van der Waals surface area (Å²) in [5.74, 6) is 0.517. The molecule has 4 rings (SSSR count). The van der Waals surface area contributed by atoms with Gasteiger partial charge in [0.15, 0.2) is 11.5 Å². The number of ether oxygens (including phenoxy) is 2. The van der Waals surface area contributed by atoms with Gasteiger partial charge in [-0.05, 0) is 53.6 Å². The van der Waals surface area contributed by atoms with Gasteiger partial charge >= 0.3 is 0 Å². The Balaban J connectivity index is 1.52. The first-order valence-electron chi connectivity index (χ1n) is 11.4. The maximum Gasteiger partial charge on any atom is 0.254 e. The van der Waals surface area contributed by atoms with Crippen LogP contribution in [0.25, 0.3) is 0 Å². The van der Waals surface area contributed by atoms with Crippen LogP contribution in [0.1, 0.15) is 27.2 Å². The van der Waals surface area contributed by atoms with Gasteiger partial charge in [0.2, 0.25) is 0 Å². The summed E-state index contributed by atoms with van der Waals surface area (Å²) in [5.41, 5.74) is 3.12. The Morgan fingerprint density at radius 2 is 1.71 bits per heavy atom. The number of pyridine rings is 1. The molecule has 0 N–H and O–H groups in total. The number of hydrogen-bond donors (Lipinski definition) is 0. The number of nitrogens with zero attached hydrogens (tertiary/aromatic N) is 2. The fraction of sp³-hybridized carbons (Fsp3) is 0.172. The van der Waals surface area contributed by atoms with E-state index in [0.29, 0.717) is 43.2 Å². The molecule has 0 radical (unpaired) electrons. The second-order valence-corrected chi connectivity index (χ2v) is 8.07. The topological polar surface area (TPSA) is 51.7 Å². The Hall–Kier alpha value is -4.19. The number of amides is 1. The fourth-order valence-electron chi connectivity index (χ4n) is 3.74. The fourth-order valence-corrected chi connectivity index (χ4v) is 3.74. The Morgan fingerprint density at radius 3 is 2.46 bits per heavy atom. The van der Waals surface area contributed by atoms with E-state index in [9.17, 15) is 9.18 Å². The minimum atomic E-state index is -0.442. The van der Waals surface area contributed by atoms with Gasteiger partial charge in [-0.15, -0.1) is 0 Å². The molecule has 1 amide bonds. The zero-order valence-electron chi connectivity index (χ0n) is 19.6. The molecule has 0 bridgehead atoms. The van der Waals surface area contributed by atoms with E-state index in [1.54, 1.807) is 30.3 Å². The average molecular weight is 471 g/mol. The van der Waals surface area contributed by atoms with Gasteiger partial charge < -0.3 is 14.4 Å². The summed E-state index contributed by atoms with van der Waals surface area (Å²) in [6.07, 6.45) is 2.31. The molecule has 1 heterocycles. The monoisotopic (exact) mass is 470 g/mol. The molecule has 0 aliphatic carbocycles. The molecule has 0 aliphatic heterocycles. The summed E-state index contributed by atoms with van der Waals surface area (Å²) in [6, 6.07) is 27.0. The molecule has 0 saturated carbocycles. The summed E-state index contributed by atoms with van der Waals surface area (Å²) in [5, 5.41) is 0. The van der Waals surface area contributed by atoms with Crippen LogP contribution in [0.5, 0.6) is 11.5 Å². The lowest BCUT2D eigenvalue weighted by atomic mass is 10.1. The SMILES string of the molecule is COc1cc(CN(CCc2ccccn2)C(=O)c2cccc(F)c2)ccc1OCc1ccccc1. The van der Waals surface area contributed by atoms with E-state index in [4.69, 9.17) is 9.47 Å². The van der Waals surface area contributed by atoms with E-state index in [1.807, 2.05) is 66.7 Å². The van der Waals surface area contributed by atoms with E-state index in [1.165, 1.54) is 12.1 Å². The van der Waals surface area contributed by atoms with E-state index in [0.717, 1.165) is 16.8 Å². The van der Waals surface area contributed by atoms with Gasteiger partial charge in [0, 0.05) is 37.0 Å². The van der Waals surface area contributed by atoms with E-state index >= 15 is 0 Å². The van der Waals surface area contributed by atoms with Crippen LogP contribution >= 0.6 is 0 Å². The van der Waals surface area contributed by atoms with Crippen LogP contribution in [0.2, 0.25) is 0 Å². The number of carbonyl (C=O) groups excluding carboxylic acids is 1. The van der Waals surface area contributed by atoms with Crippen LogP contribution in [0.3, 0.4) is 0 Å². The van der Waals surface area contributed by atoms with Crippen molar-refractivity contribution in [3.05, 3.63) is 125 Å². The first-order valence-corrected chi connectivity index (χ1v) is 11.4. The molecule has 0 saturated heterocycles. The summed E-state index contributed by atoms with van der Waals surface area (Å²) >= 11 is 0. The van der Waals surface area contributed by atoms with E-state index < -0.39 is 5.82 Å². The predicted molar refractivity (Wildman–Crippen MR) is 133 cm³/mol. The number of benzene rings is 3. The molecule has 5 nitrogen and oxygen atoms in total. The van der Waals surface area contributed by atoms with Gasteiger partial charge in [-0.3, -0.25) is 9.78 Å². The highest BCUT2D eigenvalue weighted by Crippen LogP contribution is 2.29. The lowest BCUT2D eigenvalue weighted by molar-refractivity contribution is 0.0744. The molecular weight excluding hydrogens is 443 g/mol. The van der Waals surface area contributed by atoms with Crippen molar-refractivity contribution in [3.8, 4) is 11.5 Å². The first-order chi connectivity index (χ1) is 17.1. The van der Waals surface area contributed by atoms with Crippen molar-refractivity contribution in [1.82, 2.24) is 9.88 Å². The highest BCUT2D eigenvalue weighted by molar-refractivity contribution is 5.94. The second kappa shape index (κ2) is 11.8. The minimum Gasteiger partial charge on any atom is -0.493 e. The van der Waals surface area contributed by atoms with Gasteiger partial charge in [0.1, 0.15) is 12.4 Å². The first kappa shape index (κ1) is 24.0. The maximum absolute atomic E-state index is 13.8. The molecule has 1 aromatic heterocycles. The summed E-state index contributed by atoms with van der Waals surface area (Å²) in [7, 11) is 1.59. The number of halogens is 1. The molecule has 0 spiro atoms. The summed E-state index contributed by atoms with van der Waals surface area (Å²) < 4.78 is 25.3. The summed E-state index contributed by atoms with van der Waals surface area (Å²) in [4.78, 5) is 19.3. The van der Waals surface area contributed by atoms with Crippen molar-refractivity contribution < 1.29 is 18.7 Å². The van der Waals surface area contributed by atoms with Crippen molar-refractivity contribution in [2.24, 2.45) is 0 Å². The molecule has 3 aromatic carbocycles. The molecule has 0 unspecified atom stereocenters. The maximum atomic E-state index is 13.8. The van der Waals surface area contributed by atoms with Crippen molar-refractivity contribution in [3.63, 3.8) is 0 Å². The van der Waals surface area contributed by atoms with Crippen molar-refractivity contribution in [1.29, 1.82) is 0 Å². The zero-order valence-corrected chi connectivity index (χ0v) is 19.6. The van der Waals surface area contributed by atoms with Gasteiger partial charge in [-0.25, -0.2) is 4.39 Å². The Labute approximate surface area is 204 Å². The number of aromatic nitrogens is 1. The zero-order chi connectivity index (χ0) is 24.5. The average Bonchev–Trinajstić information content (AvgIpc) is 2.91. The quantitative estimate of drug-likeness (QED) is 0.299. The van der Waals surface area contributed by atoms with Gasteiger partial charge in [0.25, 0.3) is 5.91 Å². The molecule has 178 valence electrons. The van der Waals surface area contributed by atoms with Gasteiger partial charge in [-0.1, -0.05) is 48.5 Å². The molecule has 0 aliphatic rings. The number of carbonyl (C=O) groups is 1. The molecule has 0 atom stereocenters. The highest BCUT2D eigenvalue weighted by atomic mass is 19.1. The van der Waals surface area contributed by atoms with Crippen LogP contribution in [0.4, 0.5) is 4.39 Å². The Kier molecular flexibility index (Phi) is 8.07. The van der Waals surface area contributed by atoms with Crippen molar-refractivity contribution in [2.45, 2.75) is 19.6 Å². The molecule has 6 heteroatoms. The van der Waals surface area contributed by atoms with Crippen molar-refractivity contribution >= 4 is 5.91 Å². The smallest absolute Gasteiger partial charge is 0.254 e. The summed E-state index contributed by atoms with van der Waals surface area (Å²) in [6.45, 7) is 1.18. The Bertz CT molecular complexity index is 1250. The standard InChI is InChI=1S/C29H27FN2O3/c1-34-28-18-23(13-14-27(28)35-21-22-8-3-2-4-9-22)20-32(17-15-26-12-5-6-16-31-26)29(33)24-10-7-11-25(30)19-24/h2-14,16,18-19H,15,17,20-21H2,1H3. The number of rotatable bonds is 10.